The topological polar surface area (TPSA) is 72.7 Å². The van der Waals surface area contributed by atoms with Crippen LogP contribution in [0.2, 0.25) is 0 Å². The molecule has 0 aliphatic heterocycles. The van der Waals surface area contributed by atoms with Crippen molar-refractivity contribution in [2.24, 2.45) is 7.05 Å². The number of alkyl halides is 3. The van der Waals surface area contributed by atoms with Crippen molar-refractivity contribution < 1.29 is 18.0 Å². The quantitative estimate of drug-likeness (QED) is 0.638. The standard InChI is InChI=1S/C16H14F3N5OS2/c1-9(27-15-23-22-13(24(15)2)16(17,18)19)12(25)21-14-20-11(8-26-14)10-6-4-3-5-7-10/h3-9H,1-2H3,(H,20,21,25)/t9-/m1/s1. The molecular weight excluding hydrogens is 399 g/mol. The Balaban J connectivity index is 1.65. The second-order valence-electron chi connectivity index (χ2n) is 5.52. The molecule has 0 fully saturated rings. The second kappa shape index (κ2) is 7.69. The Morgan fingerprint density at radius 2 is 1.96 bits per heavy atom. The summed E-state index contributed by atoms with van der Waals surface area (Å²) < 4.78 is 39.1. The molecule has 6 nitrogen and oxygen atoms in total. The van der Waals surface area contributed by atoms with Gasteiger partial charge in [0.15, 0.2) is 10.3 Å². The van der Waals surface area contributed by atoms with Crippen LogP contribution < -0.4 is 5.32 Å². The van der Waals surface area contributed by atoms with E-state index in [-0.39, 0.29) is 11.1 Å². The number of carbonyl (C=O) groups is 1. The molecule has 1 N–H and O–H groups in total. The third kappa shape index (κ3) is 4.48. The van der Waals surface area contributed by atoms with Crippen LogP contribution in [-0.2, 0) is 18.0 Å². The molecule has 3 aromatic rings. The number of hydrogen-bond donors (Lipinski definition) is 1. The van der Waals surface area contributed by atoms with Gasteiger partial charge < -0.3 is 9.88 Å². The fourth-order valence-electron chi connectivity index (χ4n) is 2.16. The van der Waals surface area contributed by atoms with E-state index in [1.54, 1.807) is 6.92 Å². The van der Waals surface area contributed by atoms with Crippen molar-refractivity contribution in [1.82, 2.24) is 19.7 Å². The van der Waals surface area contributed by atoms with E-state index < -0.39 is 17.3 Å². The lowest BCUT2D eigenvalue weighted by atomic mass is 10.2. The van der Waals surface area contributed by atoms with Crippen molar-refractivity contribution in [1.29, 1.82) is 0 Å². The molecule has 11 heteroatoms. The summed E-state index contributed by atoms with van der Waals surface area (Å²) in [6, 6.07) is 9.49. The molecule has 0 bridgehead atoms. The normalized spacial score (nSPS) is 12.8. The summed E-state index contributed by atoms with van der Waals surface area (Å²) in [5.74, 6) is -1.49. The Bertz CT molecular complexity index is 939. The molecule has 1 aromatic carbocycles. The monoisotopic (exact) mass is 413 g/mol. The first-order chi connectivity index (χ1) is 12.8. The van der Waals surface area contributed by atoms with Gasteiger partial charge in [-0.3, -0.25) is 4.79 Å². The second-order valence-corrected chi connectivity index (χ2v) is 7.68. The maximum Gasteiger partial charge on any atom is 0.451 e. The van der Waals surface area contributed by atoms with Crippen LogP contribution in [0.4, 0.5) is 18.3 Å². The van der Waals surface area contributed by atoms with Gasteiger partial charge in [0.05, 0.1) is 10.9 Å². The molecule has 0 spiro atoms. The number of amides is 1. The number of rotatable bonds is 5. The summed E-state index contributed by atoms with van der Waals surface area (Å²) in [5.41, 5.74) is 1.66. The average Bonchev–Trinajstić information content (AvgIpc) is 3.22. The molecule has 0 unspecified atom stereocenters. The molecule has 0 aliphatic carbocycles. The number of aromatic nitrogens is 4. The summed E-state index contributed by atoms with van der Waals surface area (Å²) in [7, 11) is 1.21. The average molecular weight is 413 g/mol. The van der Waals surface area contributed by atoms with Gasteiger partial charge in [-0.15, -0.1) is 21.5 Å². The van der Waals surface area contributed by atoms with Crippen LogP contribution in [0.1, 0.15) is 12.7 Å². The molecule has 142 valence electrons. The minimum atomic E-state index is -4.60. The number of nitrogens with one attached hydrogen (secondary N) is 1. The van der Waals surface area contributed by atoms with Gasteiger partial charge in [-0.2, -0.15) is 13.2 Å². The summed E-state index contributed by atoms with van der Waals surface area (Å²) in [4.78, 5) is 16.7. The molecule has 27 heavy (non-hydrogen) atoms. The van der Waals surface area contributed by atoms with Crippen molar-refractivity contribution >= 4 is 34.1 Å². The number of halogens is 3. The summed E-state index contributed by atoms with van der Waals surface area (Å²) >= 11 is 2.16. The van der Waals surface area contributed by atoms with E-state index in [9.17, 15) is 18.0 Å². The SMILES string of the molecule is C[C@@H](Sc1nnc(C(F)(F)F)n1C)C(=O)Nc1nc(-c2ccccc2)cs1. The lowest BCUT2D eigenvalue weighted by Crippen LogP contribution is -2.23. The molecule has 0 saturated heterocycles. The Morgan fingerprint density at radius 1 is 1.26 bits per heavy atom. The predicted molar refractivity (Wildman–Crippen MR) is 97.5 cm³/mol. The number of nitrogens with zero attached hydrogens (tertiary/aromatic N) is 4. The van der Waals surface area contributed by atoms with E-state index in [1.807, 2.05) is 35.7 Å². The van der Waals surface area contributed by atoms with Gasteiger partial charge in [0.1, 0.15) is 0 Å². The van der Waals surface area contributed by atoms with Gasteiger partial charge >= 0.3 is 6.18 Å². The van der Waals surface area contributed by atoms with Crippen LogP contribution in [-0.4, -0.2) is 30.9 Å². The summed E-state index contributed by atoms with van der Waals surface area (Å²) in [6.45, 7) is 1.58. The first kappa shape index (κ1) is 19.4. The number of thiazole rings is 1. The molecule has 3 rings (SSSR count). The number of hydrogen-bond acceptors (Lipinski definition) is 6. The fraction of sp³-hybridized carbons (Fsp3) is 0.250. The highest BCUT2D eigenvalue weighted by atomic mass is 32.2. The zero-order valence-electron chi connectivity index (χ0n) is 14.2. The van der Waals surface area contributed by atoms with E-state index in [0.29, 0.717) is 5.13 Å². The molecule has 0 saturated carbocycles. The van der Waals surface area contributed by atoms with Crippen molar-refractivity contribution in [2.75, 3.05) is 5.32 Å². The van der Waals surface area contributed by atoms with Crippen LogP contribution in [0.25, 0.3) is 11.3 Å². The molecule has 1 atom stereocenters. The van der Waals surface area contributed by atoms with Gasteiger partial charge in [-0.1, -0.05) is 42.1 Å². The van der Waals surface area contributed by atoms with Crippen molar-refractivity contribution in [3.63, 3.8) is 0 Å². The van der Waals surface area contributed by atoms with E-state index >= 15 is 0 Å². The molecule has 2 heterocycles. The van der Waals surface area contributed by atoms with E-state index in [2.05, 4.69) is 20.5 Å². The molecular formula is C16H14F3N5OS2. The Morgan fingerprint density at radius 3 is 2.59 bits per heavy atom. The van der Waals surface area contributed by atoms with Gasteiger partial charge in [0, 0.05) is 18.0 Å². The Labute approximate surface area is 160 Å². The Hall–Kier alpha value is -2.40. The summed E-state index contributed by atoms with van der Waals surface area (Å²) in [6.07, 6.45) is -4.60. The highest BCUT2D eigenvalue weighted by molar-refractivity contribution is 8.00. The molecule has 1 amide bonds. The van der Waals surface area contributed by atoms with Gasteiger partial charge in [-0.05, 0) is 6.92 Å². The highest BCUT2D eigenvalue weighted by Gasteiger charge is 2.37. The van der Waals surface area contributed by atoms with Crippen LogP contribution in [0, 0.1) is 0 Å². The first-order valence-corrected chi connectivity index (χ1v) is 9.46. The van der Waals surface area contributed by atoms with E-state index in [4.69, 9.17) is 0 Å². The van der Waals surface area contributed by atoms with Crippen LogP contribution in [0.5, 0.6) is 0 Å². The molecule has 2 aromatic heterocycles. The third-order valence-electron chi connectivity index (χ3n) is 3.54. The summed E-state index contributed by atoms with van der Waals surface area (Å²) in [5, 5.41) is 10.9. The van der Waals surface area contributed by atoms with Crippen LogP contribution >= 0.6 is 23.1 Å². The third-order valence-corrected chi connectivity index (χ3v) is 5.44. The van der Waals surface area contributed by atoms with E-state index in [1.165, 1.54) is 18.4 Å². The number of benzene rings is 1. The Kier molecular flexibility index (Phi) is 5.51. The minimum Gasteiger partial charge on any atom is -0.302 e. The lowest BCUT2D eigenvalue weighted by molar-refractivity contribution is -0.147. The first-order valence-electron chi connectivity index (χ1n) is 7.70. The maximum atomic E-state index is 12.8. The smallest absolute Gasteiger partial charge is 0.302 e. The minimum absolute atomic E-state index is 0.00842. The van der Waals surface area contributed by atoms with Gasteiger partial charge in [-0.25, -0.2) is 4.98 Å². The van der Waals surface area contributed by atoms with Crippen molar-refractivity contribution in [3.8, 4) is 11.3 Å². The highest BCUT2D eigenvalue weighted by Crippen LogP contribution is 2.31. The number of anilines is 1. The zero-order chi connectivity index (χ0) is 19.6. The van der Waals surface area contributed by atoms with Gasteiger partial charge in [0.2, 0.25) is 11.7 Å². The lowest BCUT2D eigenvalue weighted by Gasteiger charge is -2.10. The fourth-order valence-corrected chi connectivity index (χ4v) is 3.69. The van der Waals surface area contributed by atoms with Crippen molar-refractivity contribution in [2.45, 2.75) is 23.5 Å². The van der Waals surface area contributed by atoms with Crippen LogP contribution in [0.15, 0.2) is 40.9 Å². The maximum absolute atomic E-state index is 12.8. The predicted octanol–water partition coefficient (Wildman–Crippen LogP) is 4.08. The van der Waals surface area contributed by atoms with Gasteiger partial charge in [0.25, 0.3) is 0 Å². The van der Waals surface area contributed by atoms with Crippen molar-refractivity contribution in [3.05, 3.63) is 41.5 Å². The molecule has 0 radical (unpaired) electrons. The van der Waals surface area contributed by atoms with E-state index in [0.717, 1.165) is 27.6 Å². The number of carbonyl (C=O) groups excluding carboxylic acids is 1. The molecule has 0 aliphatic rings. The number of thioether (sulfide) groups is 1. The zero-order valence-corrected chi connectivity index (χ0v) is 15.8. The van der Waals surface area contributed by atoms with Crippen LogP contribution in [0.3, 0.4) is 0 Å². The largest absolute Gasteiger partial charge is 0.451 e.